The second kappa shape index (κ2) is 9.14. The lowest BCUT2D eigenvalue weighted by Gasteiger charge is -2.31. The smallest absolute Gasteiger partial charge is 0.314 e. The van der Waals surface area contributed by atoms with Gasteiger partial charge in [-0.1, -0.05) is 18.2 Å². The second-order valence-corrected chi connectivity index (χ2v) is 9.67. The van der Waals surface area contributed by atoms with Crippen LogP contribution in [0.3, 0.4) is 0 Å². The molecular weight excluding hydrogens is 370 g/mol. The van der Waals surface area contributed by atoms with Crippen molar-refractivity contribution in [1.29, 1.82) is 0 Å². The van der Waals surface area contributed by atoms with E-state index in [1.807, 2.05) is 0 Å². The third kappa shape index (κ3) is 6.88. The average molecular weight is 400 g/mol. The van der Waals surface area contributed by atoms with E-state index in [9.17, 15) is 13.2 Å². The Morgan fingerprint density at radius 2 is 1.93 bits per heavy atom. The van der Waals surface area contributed by atoms with E-state index < -0.39 is 45.6 Å². The highest BCUT2D eigenvalue weighted by molar-refractivity contribution is 7.91. The van der Waals surface area contributed by atoms with E-state index in [0.717, 1.165) is 12.8 Å². The first-order valence-corrected chi connectivity index (χ1v) is 10.8. The molecule has 0 aliphatic carbocycles. The molecule has 1 fully saturated rings. The molecule has 1 aliphatic rings. The normalized spacial score (nSPS) is 20.7. The van der Waals surface area contributed by atoms with Gasteiger partial charge in [-0.15, -0.1) is 0 Å². The molecule has 0 amide bonds. The van der Waals surface area contributed by atoms with Gasteiger partial charge < -0.3 is 19.9 Å². The summed E-state index contributed by atoms with van der Waals surface area (Å²) in [6, 6.07) is 7.94. The molecule has 8 heteroatoms. The first kappa shape index (κ1) is 21.8. The van der Waals surface area contributed by atoms with Crippen LogP contribution in [-0.4, -0.2) is 44.9 Å². The fraction of sp³-hybridized carbons (Fsp3) is 0.632. The summed E-state index contributed by atoms with van der Waals surface area (Å²) in [5.74, 6) is -2.37. The van der Waals surface area contributed by atoms with Crippen LogP contribution < -0.4 is 5.73 Å². The number of ether oxygens (including phenoxy) is 3. The van der Waals surface area contributed by atoms with E-state index in [1.54, 1.807) is 39.0 Å². The molecule has 2 N–H and O–H groups in total. The Hall–Kier alpha value is -1.48. The molecule has 152 valence electrons. The lowest BCUT2D eigenvalue weighted by molar-refractivity contribution is -0.203. The number of nitrogens with two attached hydrogens (primary N) is 1. The summed E-state index contributed by atoms with van der Waals surface area (Å²) in [4.78, 5) is 12.8. The van der Waals surface area contributed by atoms with Crippen molar-refractivity contribution in [2.75, 3.05) is 12.4 Å². The van der Waals surface area contributed by atoms with Crippen LogP contribution in [0, 0.1) is 5.92 Å². The predicted octanol–water partition coefficient (Wildman–Crippen LogP) is 2.25. The van der Waals surface area contributed by atoms with Crippen LogP contribution in [0.15, 0.2) is 35.2 Å². The number of rotatable bonds is 7. The Bertz CT molecular complexity index is 707. The van der Waals surface area contributed by atoms with Crippen molar-refractivity contribution < 1.29 is 27.4 Å². The summed E-state index contributed by atoms with van der Waals surface area (Å²) in [5.41, 5.74) is 5.32. The van der Waals surface area contributed by atoms with Crippen LogP contribution in [0.4, 0.5) is 0 Å². The number of sulfone groups is 1. The SMILES string of the molecule is CC(C)(C)OC(=O)C(CS(=O)(=O)c1ccccc1)C(N)OC1CCCCO1. The van der Waals surface area contributed by atoms with Crippen LogP contribution in [-0.2, 0) is 28.8 Å². The minimum absolute atomic E-state index is 0.125. The van der Waals surface area contributed by atoms with E-state index in [2.05, 4.69) is 0 Å². The van der Waals surface area contributed by atoms with Gasteiger partial charge >= 0.3 is 5.97 Å². The van der Waals surface area contributed by atoms with Crippen LogP contribution in [0.5, 0.6) is 0 Å². The van der Waals surface area contributed by atoms with Crippen molar-refractivity contribution in [3.8, 4) is 0 Å². The highest BCUT2D eigenvalue weighted by atomic mass is 32.2. The van der Waals surface area contributed by atoms with Crippen molar-refractivity contribution in [2.24, 2.45) is 11.7 Å². The summed E-state index contributed by atoms with van der Waals surface area (Å²) < 4.78 is 42.1. The molecule has 0 aromatic heterocycles. The number of esters is 1. The van der Waals surface area contributed by atoms with E-state index in [1.165, 1.54) is 12.1 Å². The fourth-order valence-electron chi connectivity index (χ4n) is 2.72. The molecular formula is C19H29NO6S. The van der Waals surface area contributed by atoms with Crippen LogP contribution >= 0.6 is 0 Å². The van der Waals surface area contributed by atoms with Gasteiger partial charge in [-0.3, -0.25) is 4.79 Å². The van der Waals surface area contributed by atoms with Crippen molar-refractivity contribution >= 4 is 15.8 Å². The standard InChI is InChI=1S/C19H29NO6S/c1-19(2,3)26-18(21)15(17(20)25-16-11-7-8-12-24-16)13-27(22,23)14-9-5-4-6-10-14/h4-6,9-10,15-17H,7-8,11-13,20H2,1-3H3. The minimum atomic E-state index is -3.75. The van der Waals surface area contributed by atoms with Crippen molar-refractivity contribution in [3.63, 3.8) is 0 Å². The largest absolute Gasteiger partial charge is 0.460 e. The highest BCUT2D eigenvalue weighted by Gasteiger charge is 2.37. The maximum Gasteiger partial charge on any atom is 0.314 e. The molecule has 7 nitrogen and oxygen atoms in total. The molecule has 1 aromatic rings. The maximum absolute atomic E-state index is 12.8. The number of benzene rings is 1. The summed E-state index contributed by atoms with van der Waals surface area (Å²) >= 11 is 0. The molecule has 27 heavy (non-hydrogen) atoms. The molecule has 1 heterocycles. The van der Waals surface area contributed by atoms with Gasteiger partial charge in [-0.2, -0.15) is 0 Å². The van der Waals surface area contributed by atoms with Gasteiger partial charge in [-0.05, 0) is 52.2 Å². The Morgan fingerprint density at radius 3 is 2.48 bits per heavy atom. The molecule has 3 atom stereocenters. The van der Waals surface area contributed by atoms with E-state index in [0.29, 0.717) is 13.0 Å². The Kier molecular flexibility index (Phi) is 7.39. The topological polar surface area (TPSA) is 105 Å². The zero-order valence-electron chi connectivity index (χ0n) is 16.1. The molecule has 0 saturated carbocycles. The van der Waals surface area contributed by atoms with Crippen molar-refractivity contribution in [2.45, 2.75) is 63.0 Å². The summed E-state index contributed by atoms with van der Waals surface area (Å²) in [7, 11) is -3.75. The summed E-state index contributed by atoms with van der Waals surface area (Å²) in [6.07, 6.45) is 0.823. The maximum atomic E-state index is 12.8. The van der Waals surface area contributed by atoms with Crippen LogP contribution in [0.25, 0.3) is 0 Å². The third-order valence-corrected chi connectivity index (χ3v) is 5.84. The van der Waals surface area contributed by atoms with Crippen molar-refractivity contribution in [1.82, 2.24) is 0 Å². The highest BCUT2D eigenvalue weighted by Crippen LogP contribution is 2.22. The molecule has 0 spiro atoms. The van der Waals surface area contributed by atoms with Crippen molar-refractivity contribution in [3.05, 3.63) is 30.3 Å². The summed E-state index contributed by atoms with van der Waals surface area (Å²) in [6.45, 7) is 5.69. The first-order valence-electron chi connectivity index (χ1n) is 9.12. The number of hydrogen-bond donors (Lipinski definition) is 1. The molecule has 2 rings (SSSR count). The third-order valence-electron chi connectivity index (χ3n) is 4.05. The number of carbonyl (C=O) groups is 1. The zero-order valence-corrected chi connectivity index (χ0v) is 16.9. The molecule has 1 saturated heterocycles. The minimum Gasteiger partial charge on any atom is -0.460 e. The van der Waals surface area contributed by atoms with Gasteiger partial charge in [0.15, 0.2) is 16.1 Å². The average Bonchev–Trinajstić information content (AvgIpc) is 2.60. The van der Waals surface area contributed by atoms with Gasteiger partial charge in [0, 0.05) is 6.61 Å². The van der Waals surface area contributed by atoms with Gasteiger partial charge in [0.1, 0.15) is 17.7 Å². The van der Waals surface area contributed by atoms with Gasteiger partial charge in [0.2, 0.25) is 0 Å². The quantitative estimate of drug-likeness (QED) is 0.554. The second-order valence-electron chi connectivity index (χ2n) is 7.63. The van der Waals surface area contributed by atoms with E-state index in [4.69, 9.17) is 19.9 Å². The summed E-state index contributed by atoms with van der Waals surface area (Å²) in [5, 5.41) is 0. The molecule has 3 unspecified atom stereocenters. The number of hydrogen-bond acceptors (Lipinski definition) is 7. The molecule has 0 bridgehead atoms. The van der Waals surface area contributed by atoms with Gasteiger partial charge in [0.05, 0.1) is 10.6 Å². The van der Waals surface area contributed by atoms with Gasteiger partial charge in [-0.25, -0.2) is 8.42 Å². The monoisotopic (exact) mass is 399 g/mol. The molecule has 1 aromatic carbocycles. The van der Waals surface area contributed by atoms with E-state index in [-0.39, 0.29) is 4.90 Å². The zero-order chi connectivity index (χ0) is 20.1. The lowest BCUT2D eigenvalue weighted by atomic mass is 10.1. The Labute approximate surface area is 161 Å². The fourth-order valence-corrected chi connectivity index (χ4v) is 4.29. The first-order chi connectivity index (χ1) is 12.6. The lowest BCUT2D eigenvalue weighted by Crippen LogP contribution is -2.46. The van der Waals surface area contributed by atoms with Crippen LogP contribution in [0.2, 0.25) is 0 Å². The predicted molar refractivity (Wildman–Crippen MR) is 100 cm³/mol. The Balaban J connectivity index is 2.19. The number of carbonyl (C=O) groups excluding carboxylic acids is 1. The van der Waals surface area contributed by atoms with Crippen LogP contribution in [0.1, 0.15) is 40.0 Å². The van der Waals surface area contributed by atoms with E-state index >= 15 is 0 Å². The molecule has 1 aliphatic heterocycles. The van der Waals surface area contributed by atoms with Gasteiger partial charge in [0.25, 0.3) is 0 Å². The molecule has 0 radical (unpaired) electrons. The Morgan fingerprint density at radius 1 is 1.26 bits per heavy atom.